The first-order valence-corrected chi connectivity index (χ1v) is 6.03. The molecule has 6 heteroatoms. The van der Waals surface area contributed by atoms with Crippen molar-refractivity contribution in [1.82, 2.24) is 14.6 Å². The van der Waals surface area contributed by atoms with E-state index in [4.69, 9.17) is 17.3 Å². The normalized spacial score (nSPS) is 11.7. The van der Waals surface area contributed by atoms with E-state index in [0.717, 1.165) is 12.1 Å². The van der Waals surface area contributed by atoms with Crippen LogP contribution < -0.4 is 5.73 Å². The summed E-state index contributed by atoms with van der Waals surface area (Å²) in [5.41, 5.74) is 7.23. The Morgan fingerprint density at radius 1 is 1.56 bits per heavy atom. The quantitative estimate of drug-likeness (QED) is 0.903. The van der Waals surface area contributed by atoms with Crippen LogP contribution in [0.25, 0.3) is 5.52 Å². The average molecular weight is 264 g/mol. The van der Waals surface area contributed by atoms with Gasteiger partial charge in [0.15, 0.2) is 0 Å². The van der Waals surface area contributed by atoms with E-state index in [0.29, 0.717) is 16.1 Å². The lowest BCUT2D eigenvalue weighted by Gasteiger charge is -2.22. The van der Waals surface area contributed by atoms with Gasteiger partial charge in [-0.2, -0.15) is 5.26 Å². The van der Waals surface area contributed by atoms with E-state index in [-0.39, 0.29) is 11.4 Å². The van der Waals surface area contributed by atoms with Gasteiger partial charge in [-0.25, -0.2) is 9.50 Å². The summed E-state index contributed by atoms with van der Waals surface area (Å²) >= 11 is 6.21. The van der Waals surface area contributed by atoms with Crippen LogP contribution >= 0.6 is 11.6 Å². The molecule has 94 valence electrons. The molecule has 18 heavy (non-hydrogen) atoms. The lowest BCUT2D eigenvalue weighted by atomic mass is 9.84. The highest BCUT2D eigenvalue weighted by Crippen LogP contribution is 2.36. The lowest BCUT2D eigenvalue weighted by Crippen LogP contribution is -2.21. The molecule has 0 fully saturated rings. The van der Waals surface area contributed by atoms with Crippen molar-refractivity contribution in [2.45, 2.75) is 32.6 Å². The maximum Gasteiger partial charge on any atom is 0.238 e. The Morgan fingerprint density at radius 2 is 2.22 bits per heavy atom. The van der Waals surface area contributed by atoms with E-state index in [1.807, 2.05) is 13.8 Å². The summed E-state index contributed by atoms with van der Waals surface area (Å²) < 4.78 is 1.63. The zero-order valence-electron chi connectivity index (χ0n) is 10.5. The summed E-state index contributed by atoms with van der Waals surface area (Å²) in [5.74, 6) is 0.159. The molecule has 0 aliphatic rings. The van der Waals surface area contributed by atoms with E-state index in [9.17, 15) is 5.26 Å². The molecule has 2 N–H and O–H groups in total. The number of halogens is 1. The molecule has 5 nitrogen and oxygen atoms in total. The molecule has 2 rings (SSSR count). The Labute approximate surface area is 110 Å². The zero-order chi connectivity index (χ0) is 13.5. The van der Waals surface area contributed by atoms with Crippen LogP contribution in [-0.4, -0.2) is 14.6 Å². The van der Waals surface area contributed by atoms with Gasteiger partial charge in [-0.15, -0.1) is 5.10 Å². The first-order chi connectivity index (χ1) is 8.42. The third kappa shape index (κ3) is 1.70. The molecule has 0 atom stereocenters. The van der Waals surface area contributed by atoms with E-state index in [1.54, 1.807) is 10.7 Å². The van der Waals surface area contributed by atoms with Gasteiger partial charge >= 0.3 is 0 Å². The van der Waals surface area contributed by atoms with Crippen LogP contribution in [0.3, 0.4) is 0 Å². The van der Waals surface area contributed by atoms with Crippen LogP contribution in [-0.2, 0) is 5.41 Å². The molecule has 0 amide bonds. The molecule has 2 aromatic rings. The van der Waals surface area contributed by atoms with Crippen molar-refractivity contribution in [1.29, 1.82) is 5.26 Å². The van der Waals surface area contributed by atoms with E-state index in [1.165, 1.54) is 0 Å². The number of hydrogen-bond donors (Lipinski definition) is 1. The second-order valence-corrected chi connectivity index (χ2v) is 5.18. The molecule has 0 aliphatic carbocycles. The second-order valence-electron chi connectivity index (χ2n) is 4.80. The highest BCUT2D eigenvalue weighted by molar-refractivity contribution is 6.35. The second kappa shape index (κ2) is 4.14. The van der Waals surface area contributed by atoms with E-state index >= 15 is 0 Å². The van der Waals surface area contributed by atoms with Crippen LogP contribution in [0.5, 0.6) is 0 Å². The van der Waals surface area contributed by atoms with Gasteiger partial charge in [0.2, 0.25) is 5.95 Å². The predicted molar refractivity (Wildman–Crippen MR) is 70.4 cm³/mol. The fourth-order valence-corrected chi connectivity index (χ4v) is 2.18. The molecule has 2 aromatic heterocycles. The van der Waals surface area contributed by atoms with Crippen molar-refractivity contribution in [2.24, 2.45) is 0 Å². The molecular weight excluding hydrogens is 250 g/mol. The Kier molecular flexibility index (Phi) is 2.91. The summed E-state index contributed by atoms with van der Waals surface area (Å²) in [7, 11) is 0. The maximum atomic E-state index is 9.30. The molecule has 0 spiro atoms. The molecule has 2 heterocycles. The fraction of sp³-hybridized carbons (Fsp3) is 0.417. The topological polar surface area (TPSA) is 80.0 Å². The Hall–Kier alpha value is -1.80. The van der Waals surface area contributed by atoms with Crippen molar-refractivity contribution < 1.29 is 0 Å². The lowest BCUT2D eigenvalue weighted by molar-refractivity contribution is 0.477. The maximum absolute atomic E-state index is 9.30. The number of anilines is 1. The number of nitriles is 1. The van der Waals surface area contributed by atoms with Gasteiger partial charge in [0.1, 0.15) is 11.6 Å². The summed E-state index contributed by atoms with van der Waals surface area (Å²) in [6.45, 7) is 6.15. The van der Waals surface area contributed by atoms with Crippen LogP contribution in [0.15, 0.2) is 6.20 Å². The number of nitrogen functional groups attached to an aromatic ring is 1. The standard InChI is InChI=1S/C12H14ClN5/c1-4-12(2,3)10-7(5-14)9(13)8-6-16-11(15)17-18(8)10/h6H,4H2,1-3H3,(H2,15,17). The SMILES string of the molecule is CCC(C)(C)c1c(C#N)c(Cl)c2cnc(N)nn12. The van der Waals surface area contributed by atoms with Gasteiger partial charge in [-0.3, -0.25) is 0 Å². The third-order valence-corrected chi connectivity index (χ3v) is 3.66. The first kappa shape index (κ1) is 12.7. The highest BCUT2D eigenvalue weighted by Gasteiger charge is 2.30. The molecule has 0 aliphatic heterocycles. The van der Waals surface area contributed by atoms with Crippen molar-refractivity contribution in [2.75, 3.05) is 5.73 Å². The summed E-state index contributed by atoms with van der Waals surface area (Å²) in [6, 6.07) is 2.15. The summed E-state index contributed by atoms with van der Waals surface area (Å²) in [5, 5.41) is 13.9. The molecule has 0 unspecified atom stereocenters. The minimum atomic E-state index is -0.220. The highest BCUT2D eigenvalue weighted by atomic mass is 35.5. The van der Waals surface area contributed by atoms with Crippen molar-refractivity contribution >= 4 is 23.1 Å². The Bertz CT molecular complexity index is 651. The van der Waals surface area contributed by atoms with E-state index < -0.39 is 0 Å². The number of rotatable bonds is 2. The average Bonchev–Trinajstić information content (AvgIpc) is 2.62. The van der Waals surface area contributed by atoms with Crippen LogP contribution in [0.1, 0.15) is 38.4 Å². The largest absolute Gasteiger partial charge is 0.367 e. The van der Waals surface area contributed by atoms with Crippen LogP contribution in [0, 0.1) is 11.3 Å². The van der Waals surface area contributed by atoms with Crippen LogP contribution in [0.2, 0.25) is 5.02 Å². The number of nitrogens with zero attached hydrogens (tertiary/aromatic N) is 4. The van der Waals surface area contributed by atoms with Crippen molar-refractivity contribution in [3.8, 4) is 6.07 Å². The number of nitrogens with two attached hydrogens (primary N) is 1. The zero-order valence-corrected chi connectivity index (χ0v) is 11.3. The monoisotopic (exact) mass is 263 g/mol. The van der Waals surface area contributed by atoms with Crippen LogP contribution in [0.4, 0.5) is 5.95 Å². The van der Waals surface area contributed by atoms with Gasteiger partial charge in [0.05, 0.1) is 22.5 Å². The fourth-order valence-electron chi connectivity index (χ4n) is 1.92. The predicted octanol–water partition coefficient (Wildman–Crippen LogP) is 2.52. The first-order valence-electron chi connectivity index (χ1n) is 5.65. The molecule has 0 radical (unpaired) electrons. The molecular formula is C12H14ClN5. The molecule has 0 aromatic carbocycles. The Morgan fingerprint density at radius 3 is 2.78 bits per heavy atom. The van der Waals surface area contributed by atoms with E-state index in [2.05, 4.69) is 23.1 Å². The summed E-state index contributed by atoms with van der Waals surface area (Å²) in [6.07, 6.45) is 2.40. The van der Waals surface area contributed by atoms with Gasteiger partial charge in [0.25, 0.3) is 0 Å². The molecule has 0 saturated heterocycles. The minimum absolute atomic E-state index is 0.159. The number of aromatic nitrogens is 3. The third-order valence-electron chi connectivity index (χ3n) is 3.28. The molecule has 0 saturated carbocycles. The summed E-state index contributed by atoms with van der Waals surface area (Å²) in [4.78, 5) is 3.92. The Balaban J connectivity index is 2.94. The number of fused-ring (bicyclic) bond motifs is 1. The van der Waals surface area contributed by atoms with Gasteiger partial charge in [-0.1, -0.05) is 32.4 Å². The van der Waals surface area contributed by atoms with Gasteiger partial charge in [0, 0.05) is 5.41 Å². The smallest absolute Gasteiger partial charge is 0.238 e. The van der Waals surface area contributed by atoms with Crippen molar-refractivity contribution in [3.63, 3.8) is 0 Å². The van der Waals surface area contributed by atoms with Crippen molar-refractivity contribution in [3.05, 3.63) is 22.5 Å². The molecule has 0 bridgehead atoms. The minimum Gasteiger partial charge on any atom is -0.367 e. The van der Waals surface area contributed by atoms with Gasteiger partial charge in [-0.05, 0) is 6.42 Å². The number of hydrogen-bond acceptors (Lipinski definition) is 4. The van der Waals surface area contributed by atoms with Gasteiger partial charge < -0.3 is 5.73 Å².